The van der Waals surface area contributed by atoms with Gasteiger partial charge >= 0.3 is 0 Å². The van der Waals surface area contributed by atoms with Crippen molar-refractivity contribution in [1.82, 2.24) is 14.8 Å². The van der Waals surface area contributed by atoms with Crippen LogP contribution < -0.4 is 0 Å². The van der Waals surface area contributed by atoms with E-state index in [2.05, 4.69) is 29.2 Å². The van der Waals surface area contributed by atoms with Gasteiger partial charge in [-0.25, -0.2) is 0 Å². The number of carbonyl (C=O) groups is 2. The van der Waals surface area contributed by atoms with Gasteiger partial charge in [0, 0.05) is 30.1 Å². The van der Waals surface area contributed by atoms with E-state index in [-0.39, 0.29) is 24.4 Å². The van der Waals surface area contributed by atoms with Crippen LogP contribution in [0.1, 0.15) is 29.3 Å². The smallest absolute Gasteiger partial charge is 0.245 e. The summed E-state index contributed by atoms with van der Waals surface area (Å²) in [5.74, 6) is 0.0784. The zero-order valence-electron chi connectivity index (χ0n) is 15.9. The van der Waals surface area contributed by atoms with Gasteiger partial charge in [-0.2, -0.15) is 0 Å². The molecule has 0 aliphatic carbocycles. The van der Waals surface area contributed by atoms with Crippen LogP contribution in [-0.4, -0.2) is 46.2 Å². The van der Waals surface area contributed by atoms with Crippen LogP contribution in [0.4, 0.5) is 0 Å². The zero-order valence-corrected chi connectivity index (χ0v) is 15.9. The largest absolute Gasteiger partial charge is 0.356 e. The molecule has 5 nitrogen and oxygen atoms in total. The molecule has 2 aliphatic heterocycles. The van der Waals surface area contributed by atoms with E-state index in [1.165, 1.54) is 11.1 Å². The lowest BCUT2D eigenvalue weighted by Gasteiger charge is -2.46. The number of aryl methyl sites for hydroxylation is 1. The molecule has 0 unspecified atom stereocenters. The van der Waals surface area contributed by atoms with Crippen molar-refractivity contribution >= 4 is 22.7 Å². The molecule has 0 radical (unpaired) electrons. The molecule has 5 rings (SSSR count). The quantitative estimate of drug-likeness (QED) is 0.767. The third kappa shape index (κ3) is 2.61. The van der Waals surface area contributed by atoms with E-state index >= 15 is 0 Å². The Labute approximate surface area is 163 Å². The Morgan fingerprint density at radius 3 is 2.61 bits per heavy atom. The van der Waals surface area contributed by atoms with E-state index in [4.69, 9.17) is 0 Å². The van der Waals surface area contributed by atoms with Gasteiger partial charge in [-0.3, -0.25) is 9.59 Å². The third-order valence-electron chi connectivity index (χ3n) is 6.12. The Kier molecular flexibility index (Phi) is 3.97. The Bertz CT molecular complexity index is 1060. The summed E-state index contributed by atoms with van der Waals surface area (Å²) in [5, 5.41) is 1.16. The first-order valence-electron chi connectivity index (χ1n) is 9.83. The van der Waals surface area contributed by atoms with Gasteiger partial charge < -0.3 is 14.8 Å². The summed E-state index contributed by atoms with van der Waals surface area (Å²) >= 11 is 0. The summed E-state index contributed by atoms with van der Waals surface area (Å²) in [6, 6.07) is 18.0. The predicted octanol–water partition coefficient (Wildman–Crippen LogP) is 3.07. The predicted molar refractivity (Wildman–Crippen MR) is 108 cm³/mol. The van der Waals surface area contributed by atoms with Crippen molar-refractivity contribution in [2.75, 3.05) is 13.6 Å². The lowest BCUT2D eigenvalue weighted by Crippen LogP contribution is -2.61. The number of nitrogens with zero attached hydrogens (tertiary/aromatic N) is 2. The molecular formula is C23H23N3O2. The molecule has 2 amide bonds. The molecule has 5 heteroatoms. The second-order valence-corrected chi connectivity index (χ2v) is 7.82. The molecule has 142 valence electrons. The number of likely N-dealkylation sites (N-methyl/N-ethyl adjacent to an activating group) is 1. The fraction of sp³-hybridized carbons (Fsp3) is 0.304. The number of H-pyrrole nitrogens is 1. The Morgan fingerprint density at radius 1 is 1.04 bits per heavy atom. The number of carbonyl (C=O) groups excluding carboxylic acids is 2. The SMILES string of the molecule is CN1CC(=O)N2[C@H](CCc3ccccc3)c3[nH]c4ccccc4c3C[C@H]2C1=O. The number of hydrogen-bond acceptors (Lipinski definition) is 2. The van der Waals surface area contributed by atoms with E-state index < -0.39 is 6.04 Å². The van der Waals surface area contributed by atoms with Crippen LogP contribution in [0.5, 0.6) is 0 Å². The van der Waals surface area contributed by atoms with Crippen molar-refractivity contribution < 1.29 is 9.59 Å². The van der Waals surface area contributed by atoms with Crippen molar-refractivity contribution in [3.05, 3.63) is 71.4 Å². The number of fused-ring (bicyclic) bond motifs is 4. The van der Waals surface area contributed by atoms with Crippen LogP contribution in [0.3, 0.4) is 0 Å². The molecule has 0 saturated carbocycles. The highest BCUT2D eigenvalue weighted by atomic mass is 16.2. The van der Waals surface area contributed by atoms with E-state index in [9.17, 15) is 9.59 Å². The summed E-state index contributed by atoms with van der Waals surface area (Å²) in [7, 11) is 1.72. The van der Waals surface area contributed by atoms with Gasteiger partial charge in [0.25, 0.3) is 0 Å². The second kappa shape index (κ2) is 6.51. The molecule has 0 spiro atoms. The zero-order chi connectivity index (χ0) is 19.3. The van der Waals surface area contributed by atoms with E-state index in [0.717, 1.165) is 29.4 Å². The van der Waals surface area contributed by atoms with Crippen LogP contribution in [0.15, 0.2) is 54.6 Å². The Hall–Kier alpha value is -3.08. The molecule has 28 heavy (non-hydrogen) atoms. The Morgan fingerprint density at radius 2 is 1.79 bits per heavy atom. The molecule has 2 aromatic carbocycles. The number of para-hydroxylation sites is 1. The minimum absolute atomic E-state index is 0.0365. The molecule has 1 N–H and O–H groups in total. The molecule has 1 fully saturated rings. The molecule has 3 heterocycles. The number of hydrogen-bond donors (Lipinski definition) is 1. The van der Waals surface area contributed by atoms with Crippen molar-refractivity contribution in [1.29, 1.82) is 0 Å². The fourth-order valence-corrected chi connectivity index (χ4v) is 4.78. The molecule has 1 saturated heterocycles. The highest BCUT2D eigenvalue weighted by Gasteiger charge is 2.46. The van der Waals surface area contributed by atoms with Crippen LogP contribution in [0, 0.1) is 0 Å². The first-order chi connectivity index (χ1) is 13.6. The van der Waals surface area contributed by atoms with Crippen LogP contribution in [0.25, 0.3) is 10.9 Å². The summed E-state index contributed by atoms with van der Waals surface area (Å²) < 4.78 is 0. The number of nitrogens with one attached hydrogen (secondary N) is 1. The van der Waals surface area contributed by atoms with Gasteiger partial charge in [-0.05, 0) is 30.0 Å². The van der Waals surface area contributed by atoms with Gasteiger partial charge in [-0.1, -0.05) is 48.5 Å². The van der Waals surface area contributed by atoms with E-state index in [0.29, 0.717) is 6.42 Å². The monoisotopic (exact) mass is 373 g/mol. The Balaban J connectivity index is 1.59. The third-order valence-corrected chi connectivity index (χ3v) is 6.12. The maximum Gasteiger partial charge on any atom is 0.245 e. The number of rotatable bonds is 3. The summed E-state index contributed by atoms with van der Waals surface area (Å²) in [6.45, 7) is 0.159. The highest BCUT2D eigenvalue weighted by molar-refractivity contribution is 5.97. The van der Waals surface area contributed by atoms with Crippen LogP contribution in [-0.2, 0) is 22.4 Å². The summed E-state index contributed by atoms with van der Waals surface area (Å²) in [4.78, 5) is 32.8. The van der Waals surface area contributed by atoms with Gasteiger partial charge in [-0.15, -0.1) is 0 Å². The van der Waals surface area contributed by atoms with Crippen LogP contribution >= 0.6 is 0 Å². The lowest BCUT2D eigenvalue weighted by molar-refractivity contribution is -0.158. The molecular weight excluding hydrogens is 350 g/mol. The molecule has 2 aliphatic rings. The number of piperazine rings is 1. The van der Waals surface area contributed by atoms with Gasteiger partial charge in [0.05, 0.1) is 12.6 Å². The summed E-state index contributed by atoms with van der Waals surface area (Å²) in [5.41, 5.74) is 4.60. The molecule has 2 atom stereocenters. The second-order valence-electron chi connectivity index (χ2n) is 7.82. The van der Waals surface area contributed by atoms with Crippen molar-refractivity contribution in [3.63, 3.8) is 0 Å². The normalized spacial score (nSPS) is 21.8. The average molecular weight is 373 g/mol. The molecule has 3 aromatic rings. The van der Waals surface area contributed by atoms with Gasteiger partial charge in [0.2, 0.25) is 11.8 Å². The number of benzene rings is 2. The maximum atomic E-state index is 12.9. The lowest BCUT2D eigenvalue weighted by atomic mass is 9.87. The molecule has 0 bridgehead atoms. The maximum absolute atomic E-state index is 12.9. The van der Waals surface area contributed by atoms with Crippen molar-refractivity contribution in [2.45, 2.75) is 31.3 Å². The average Bonchev–Trinajstić information content (AvgIpc) is 3.09. The number of amides is 2. The summed E-state index contributed by atoms with van der Waals surface area (Å²) in [6.07, 6.45) is 2.24. The number of aromatic nitrogens is 1. The van der Waals surface area contributed by atoms with Gasteiger partial charge in [0.15, 0.2) is 0 Å². The standard InChI is InChI=1S/C23H23N3O2/c1-25-14-21(27)26-19(12-11-15-7-3-2-4-8-15)22-17(13-20(26)23(25)28)16-9-5-6-10-18(16)24-22/h2-10,19-20,24H,11-14H2,1H3/t19-,20+/m1/s1. The minimum Gasteiger partial charge on any atom is -0.356 e. The first-order valence-corrected chi connectivity index (χ1v) is 9.83. The fourth-order valence-electron chi connectivity index (χ4n) is 4.78. The topological polar surface area (TPSA) is 56.4 Å². The minimum atomic E-state index is -0.404. The van der Waals surface area contributed by atoms with E-state index in [1.54, 1.807) is 11.9 Å². The van der Waals surface area contributed by atoms with Crippen molar-refractivity contribution in [3.8, 4) is 0 Å². The van der Waals surface area contributed by atoms with Gasteiger partial charge in [0.1, 0.15) is 6.04 Å². The van der Waals surface area contributed by atoms with Crippen molar-refractivity contribution in [2.24, 2.45) is 0 Å². The highest BCUT2D eigenvalue weighted by Crippen LogP contribution is 2.41. The number of aromatic amines is 1. The molecule has 1 aromatic heterocycles. The van der Waals surface area contributed by atoms with E-state index in [1.807, 2.05) is 35.2 Å². The van der Waals surface area contributed by atoms with Crippen LogP contribution in [0.2, 0.25) is 0 Å². The first kappa shape index (κ1) is 17.0.